The Bertz CT molecular complexity index is 924. The maximum atomic E-state index is 13.2. The quantitative estimate of drug-likeness (QED) is 0.624. The molecule has 5 heteroatoms. The van der Waals surface area contributed by atoms with Crippen molar-refractivity contribution in [2.75, 3.05) is 14.2 Å². The number of amides is 1. The van der Waals surface area contributed by atoms with Gasteiger partial charge in [-0.25, -0.2) is 4.39 Å². The standard InChI is InChI=1S/C24H24FNO3/c1-16(17-12-14-18(25)15-13-17)24(27)26-23(19-8-4-6-10-21(19)28-2)20-9-5-7-11-22(20)29-3/h4-16,23H,1-3H3,(H,26,27). The van der Waals surface area contributed by atoms with Crippen LogP contribution < -0.4 is 14.8 Å². The lowest BCUT2D eigenvalue weighted by Gasteiger charge is -2.25. The molecule has 1 atom stereocenters. The fourth-order valence-electron chi connectivity index (χ4n) is 3.30. The molecule has 0 spiro atoms. The van der Waals surface area contributed by atoms with Crippen LogP contribution in [0.1, 0.15) is 35.6 Å². The first-order chi connectivity index (χ1) is 14.0. The highest BCUT2D eigenvalue weighted by atomic mass is 19.1. The van der Waals surface area contributed by atoms with E-state index >= 15 is 0 Å². The van der Waals surface area contributed by atoms with Crippen molar-refractivity contribution in [3.63, 3.8) is 0 Å². The molecule has 29 heavy (non-hydrogen) atoms. The van der Waals surface area contributed by atoms with Gasteiger partial charge in [-0.3, -0.25) is 4.79 Å². The van der Waals surface area contributed by atoms with Crippen LogP contribution in [0.15, 0.2) is 72.8 Å². The van der Waals surface area contributed by atoms with E-state index in [1.165, 1.54) is 12.1 Å². The number of para-hydroxylation sites is 2. The monoisotopic (exact) mass is 393 g/mol. The Labute approximate surface area is 170 Å². The highest BCUT2D eigenvalue weighted by Gasteiger charge is 2.26. The van der Waals surface area contributed by atoms with Crippen molar-refractivity contribution < 1.29 is 18.7 Å². The maximum absolute atomic E-state index is 13.2. The van der Waals surface area contributed by atoms with Gasteiger partial charge in [-0.05, 0) is 36.8 Å². The summed E-state index contributed by atoms with van der Waals surface area (Å²) in [6, 6.07) is 20.6. The Morgan fingerprint density at radius 2 is 1.31 bits per heavy atom. The summed E-state index contributed by atoms with van der Waals surface area (Å²) in [5.74, 6) is 0.361. The molecular weight excluding hydrogens is 369 g/mol. The second kappa shape index (κ2) is 9.24. The Kier molecular flexibility index (Phi) is 6.50. The highest BCUT2D eigenvalue weighted by molar-refractivity contribution is 5.84. The molecule has 150 valence electrons. The lowest BCUT2D eigenvalue weighted by Crippen LogP contribution is -2.33. The van der Waals surface area contributed by atoms with Gasteiger partial charge >= 0.3 is 0 Å². The molecule has 0 saturated heterocycles. The van der Waals surface area contributed by atoms with Crippen molar-refractivity contribution in [1.82, 2.24) is 5.32 Å². The molecule has 0 aliphatic heterocycles. The third-order valence-electron chi connectivity index (χ3n) is 4.95. The molecule has 1 amide bonds. The summed E-state index contributed by atoms with van der Waals surface area (Å²) < 4.78 is 24.3. The van der Waals surface area contributed by atoms with Crippen LogP contribution in [0.2, 0.25) is 0 Å². The fraction of sp³-hybridized carbons (Fsp3) is 0.208. The van der Waals surface area contributed by atoms with E-state index in [1.807, 2.05) is 48.5 Å². The number of carbonyl (C=O) groups excluding carboxylic acids is 1. The largest absolute Gasteiger partial charge is 0.496 e. The first-order valence-electron chi connectivity index (χ1n) is 9.36. The summed E-state index contributed by atoms with van der Waals surface area (Å²) in [5, 5.41) is 3.12. The number of hydrogen-bond acceptors (Lipinski definition) is 3. The number of benzene rings is 3. The van der Waals surface area contributed by atoms with Gasteiger partial charge < -0.3 is 14.8 Å². The van der Waals surface area contributed by atoms with E-state index < -0.39 is 12.0 Å². The van der Waals surface area contributed by atoms with E-state index in [2.05, 4.69) is 5.32 Å². The maximum Gasteiger partial charge on any atom is 0.228 e. The van der Waals surface area contributed by atoms with Crippen molar-refractivity contribution in [3.05, 3.63) is 95.3 Å². The van der Waals surface area contributed by atoms with Crippen molar-refractivity contribution in [1.29, 1.82) is 0 Å². The number of halogens is 1. The van der Waals surface area contributed by atoms with E-state index in [9.17, 15) is 9.18 Å². The molecule has 3 rings (SSSR count). The Hall–Kier alpha value is -3.34. The number of ether oxygens (including phenoxy) is 2. The van der Waals surface area contributed by atoms with Crippen molar-refractivity contribution in [2.24, 2.45) is 0 Å². The van der Waals surface area contributed by atoms with Crippen LogP contribution in [0.5, 0.6) is 11.5 Å². The SMILES string of the molecule is COc1ccccc1C(NC(=O)C(C)c1ccc(F)cc1)c1ccccc1OC. The van der Waals surface area contributed by atoms with Crippen molar-refractivity contribution in [3.8, 4) is 11.5 Å². The summed E-state index contributed by atoms with van der Waals surface area (Å²) >= 11 is 0. The van der Waals surface area contributed by atoms with Crippen LogP contribution in [0.3, 0.4) is 0 Å². The van der Waals surface area contributed by atoms with Crippen LogP contribution in [0.4, 0.5) is 4.39 Å². The zero-order valence-electron chi connectivity index (χ0n) is 16.7. The summed E-state index contributed by atoms with van der Waals surface area (Å²) in [5.41, 5.74) is 2.38. The molecule has 0 aromatic heterocycles. The fourth-order valence-corrected chi connectivity index (χ4v) is 3.30. The van der Waals surface area contributed by atoms with E-state index in [0.717, 1.165) is 16.7 Å². The zero-order chi connectivity index (χ0) is 20.8. The van der Waals surface area contributed by atoms with E-state index in [1.54, 1.807) is 33.3 Å². The average Bonchev–Trinajstić information content (AvgIpc) is 2.77. The minimum atomic E-state index is -0.474. The van der Waals surface area contributed by atoms with Gasteiger partial charge in [0.15, 0.2) is 0 Å². The second-order valence-corrected chi connectivity index (χ2v) is 6.70. The Morgan fingerprint density at radius 3 is 1.79 bits per heavy atom. The van der Waals surface area contributed by atoms with Crippen LogP contribution in [-0.2, 0) is 4.79 Å². The predicted molar refractivity (Wildman–Crippen MR) is 111 cm³/mol. The van der Waals surface area contributed by atoms with Gasteiger partial charge in [0.2, 0.25) is 5.91 Å². The number of rotatable bonds is 7. The molecule has 0 aliphatic rings. The zero-order valence-corrected chi connectivity index (χ0v) is 16.7. The molecule has 4 nitrogen and oxygen atoms in total. The van der Waals surface area contributed by atoms with Gasteiger partial charge in [0.05, 0.1) is 26.2 Å². The van der Waals surface area contributed by atoms with Crippen molar-refractivity contribution >= 4 is 5.91 Å². The van der Waals surface area contributed by atoms with Gasteiger partial charge in [-0.1, -0.05) is 48.5 Å². The summed E-state index contributed by atoms with van der Waals surface area (Å²) in [6.07, 6.45) is 0. The van der Waals surface area contributed by atoms with Gasteiger partial charge in [-0.2, -0.15) is 0 Å². The average molecular weight is 393 g/mol. The van der Waals surface area contributed by atoms with E-state index in [0.29, 0.717) is 11.5 Å². The topological polar surface area (TPSA) is 47.6 Å². The molecule has 0 aliphatic carbocycles. The molecule has 1 unspecified atom stereocenters. The molecular formula is C24H24FNO3. The molecule has 0 radical (unpaired) electrons. The van der Waals surface area contributed by atoms with Crippen LogP contribution >= 0.6 is 0 Å². The number of methoxy groups -OCH3 is 2. The Morgan fingerprint density at radius 1 is 0.828 bits per heavy atom. The Balaban J connectivity index is 1.99. The molecule has 0 saturated carbocycles. The second-order valence-electron chi connectivity index (χ2n) is 6.70. The number of nitrogens with one attached hydrogen (secondary N) is 1. The minimum absolute atomic E-state index is 0.182. The first kappa shape index (κ1) is 20.4. The van der Waals surface area contributed by atoms with Crippen LogP contribution in [0, 0.1) is 5.82 Å². The lowest BCUT2D eigenvalue weighted by molar-refractivity contribution is -0.122. The minimum Gasteiger partial charge on any atom is -0.496 e. The van der Waals surface area contributed by atoms with Gasteiger partial charge in [-0.15, -0.1) is 0 Å². The normalized spacial score (nSPS) is 11.8. The smallest absolute Gasteiger partial charge is 0.228 e. The van der Waals surface area contributed by atoms with Crippen molar-refractivity contribution in [2.45, 2.75) is 18.9 Å². The molecule has 3 aromatic carbocycles. The van der Waals surface area contributed by atoms with Gasteiger partial charge in [0.1, 0.15) is 17.3 Å². The summed E-state index contributed by atoms with van der Waals surface area (Å²) in [6.45, 7) is 1.80. The van der Waals surface area contributed by atoms with E-state index in [-0.39, 0.29) is 11.7 Å². The first-order valence-corrected chi connectivity index (χ1v) is 9.36. The third-order valence-corrected chi connectivity index (χ3v) is 4.95. The van der Waals surface area contributed by atoms with Gasteiger partial charge in [0, 0.05) is 11.1 Å². The van der Waals surface area contributed by atoms with Crippen LogP contribution in [-0.4, -0.2) is 20.1 Å². The highest BCUT2D eigenvalue weighted by Crippen LogP contribution is 2.35. The van der Waals surface area contributed by atoms with E-state index in [4.69, 9.17) is 9.47 Å². The molecule has 3 aromatic rings. The summed E-state index contributed by atoms with van der Waals surface area (Å²) in [7, 11) is 3.20. The number of hydrogen-bond donors (Lipinski definition) is 1. The summed E-state index contributed by atoms with van der Waals surface area (Å²) in [4.78, 5) is 13.1. The van der Waals surface area contributed by atoms with Crippen LogP contribution in [0.25, 0.3) is 0 Å². The molecule has 0 bridgehead atoms. The number of carbonyl (C=O) groups is 1. The molecule has 1 N–H and O–H groups in total. The molecule has 0 fully saturated rings. The van der Waals surface area contributed by atoms with Gasteiger partial charge in [0.25, 0.3) is 0 Å². The lowest BCUT2D eigenvalue weighted by atomic mass is 9.94. The molecule has 0 heterocycles. The predicted octanol–water partition coefficient (Wildman–Crippen LogP) is 4.85. The third kappa shape index (κ3) is 4.57.